The first-order valence-electron chi connectivity index (χ1n) is 5.67. The van der Waals surface area contributed by atoms with Crippen LogP contribution in [-0.2, 0) is 0 Å². The molecule has 0 aliphatic carbocycles. The Morgan fingerprint density at radius 3 is 2.74 bits per heavy atom. The number of para-hydroxylation sites is 1. The van der Waals surface area contributed by atoms with Crippen molar-refractivity contribution in [3.8, 4) is 5.75 Å². The molecule has 0 saturated carbocycles. The molecule has 0 atom stereocenters. The number of fused-ring (bicyclic) bond motifs is 3. The Bertz CT molecular complexity index is 804. The maximum atomic E-state index is 11.7. The monoisotopic (exact) mass is 256 g/mol. The lowest BCUT2D eigenvalue weighted by atomic mass is 10.1. The number of carbonyl (C=O) groups is 1. The summed E-state index contributed by atoms with van der Waals surface area (Å²) in [6.45, 7) is 0. The van der Waals surface area contributed by atoms with Crippen LogP contribution in [0.3, 0.4) is 0 Å². The molecule has 0 fully saturated rings. The molecule has 0 spiro atoms. The summed E-state index contributed by atoms with van der Waals surface area (Å²) < 4.78 is 10.9. The van der Waals surface area contributed by atoms with Gasteiger partial charge in [0.15, 0.2) is 11.3 Å². The van der Waals surface area contributed by atoms with Crippen molar-refractivity contribution >= 4 is 27.8 Å². The second-order valence-corrected chi connectivity index (χ2v) is 4.05. The second kappa shape index (κ2) is 4.20. The van der Waals surface area contributed by atoms with E-state index in [1.807, 2.05) is 18.2 Å². The van der Waals surface area contributed by atoms with Crippen LogP contribution in [0.15, 0.2) is 40.8 Å². The molecule has 1 N–H and O–H groups in total. The number of hydrogen-bond donors (Lipinski definition) is 1. The fourth-order valence-electron chi connectivity index (χ4n) is 2.21. The van der Waals surface area contributed by atoms with Crippen LogP contribution in [0.1, 0.15) is 10.4 Å². The number of ether oxygens (including phenoxy) is 1. The minimum Gasteiger partial charge on any atom is -0.493 e. The Labute approximate surface area is 107 Å². The quantitative estimate of drug-likeness (QED) is 0.755. The number of hydrogen-bond acceptors (Lipinski definition) is 4. The molecule has 0 radical (unpaired) electrons. The SMILES string of the molecule is COc1ccc(C(=O)[NH+]=O)c2c1oc1ccccc12. The van der Waals surface area contributed by atoms with Crippen molar-refractivity contribution in [2.24, 2.45) is 0 Å². The van der Waals surface area contributed by atoms with Crippen LogP contribution >= 0.6 is 0 Å². The Morgan fingerprint density at radius 2 is 2.00 bits per heavy atom. The van der Waals surface area contributed by atoms with Crippen LogP contribution in [0.5, 0.6) is 5.75 Å². The predicted octanol–water partition coefficient (Wildman–Crippen LogP) is 1.58. The van der Waals surface area contributed by atoms with Gasteiger partial charge in [0.2, 0.25) is 0 Å². The van der Waals surface area contributed by atoms with Gasteiger partial charge in [-0.1, -0.05) is 18.2 Å². The summed E-state index contributed by atoms with van der Waals surface area (Å²) in [4.78, 5) is 22.3. The van der Waals surface area contributed by atoms with Gasteiger partial charge in [-0.3, -0.25) is 0 Å². The summed E-state index contributed by atoms with van der Waals surface area (Å²) in [5.74, 6) is -0.173. The highest BCUT2D eigenvalue weighted by molar-refractivity contribution is 6.15. The molecule has 0 aliphatic rings. The summed E-state index contributed by atoms with van der Waals surface area (Å²) in [7, 11) is 1.52. The topological polar surface area (TPSA) is 70.5 Å². The van der Waals surface area contributed by atoms with Gasteiger partial charge in [0, 0.05) is 15.7 Å². The molecule has 0 saturated heterocycles. The van der Waals surface area contributed by atoms with E-state index < -0.39 is 5.91 Å². The third kappa shape index (κ3) is 1.59. The van der Waals surface area contributed by atoms with Crippen molar-refractivity contribution in [3.63, 3.8) is 0 Å². The lowest BCUT2D eigenvalue weighted by Gasteiger charge is -2.01. The van der Waals surface area contributed by atoms with E-state index in [9.17, 15) is 9.70 Å². The average molecular weight is 256 g/mol. The minimum atomic E-state index is -0.695. The number of benzene rings is 2. The molecule has 1 heterocycles. The molecule has 19 heavy (non-hydrogen) atoms. The normalized spacial score (nSPS) is 10.8. The number of methoxy groups -OCH3 is 1. The lowest BCUT2D eigenvalue weighted by molar-refractivity contribution is -0.369. The van der Waals surface area contributed by atoms with Crippen LogP contribution in [0, 0.1) is 4.91 Å². The molecule has 1 amide bonds. The molecule has 3 aromatic rings. The molecule has 0 aliphatic heterocycles. The summed E-state index contributed by atoms with van der Waals surface area (Å²) in [6, 6.07) is 10.5. The Kier molecular flexibility index (Phi) is 2.52. The van der Waals surface area contributed by atoms with E-state index in [0.717, 1.165) is 5.39 Å². The van der Waals surface area contributed by atoms with Crippen LogP contribution in [0.4, 0.5) is 0 Å². The van der Waals surface area contributed by atoms with Gasteiger partial charge in [0.05, 0.1) is 12.3 Å². The third-order valence-corrected chi connectivity index (χ3v) is 3.05. The van der Waals surface area contributed by atoms with E-state index in [4.69, 9.17) is 9.15 Å². The maximum absolute atomic E-state index is 11.7. The zero-order valence-corrected chi connectivity index (χ0v) is 10.1. The lowest BCUT2D eigenvalue weighted by Crippen LogP contribution is -2.69. The van der Waals surface area contributed by atoms with Crippen molar-refractivity contribution in [2.75, 3.05) is 7.11 Å². The number of carbonyl (C=O) groups excluding carboxylic acids is 1. The van der Waals surface area contributed by atoms with Gasteiger partial charge in [0.1, 0.15) is 11.1 Å². The zero-order chi connectivity index (χ0) is 13.4. The minimum absolute atomic E-state index is 0.274. The largest absolute Gasteiger partial charge is 0.493 e. The highest BCUT2D eigenvalue weighted by Crippen LogP contribution is 2.36. The highest BCUT2D eigenvalue weighted by Gasteiger charge is 2.22. The van der Waals surface area contributed by atoms with Crippen LogP contribution < -0.4 is 9.91 Å². The number of rotatable bonds is 2. The van der Waals surface area contributed by atoms with E-state index in [2.05, 4.69) is 0 Å². The first kappa shape index (κ1) is 11.4. The van der Waals surface area contributed by atoms with E-state index in [-0.39, 0.29) is 5.56 Å². The Morgan fingerprint density at radius 1 is 1.21 bits per heavy atom. The molecule has 1 aromatic heterocycles. The molecule has 5 heteroatoms. The van der Waals surface area contributed by atoms with E-state index >= 15 is 0 Å². The number of furan rings is 1. The molecular weight excluding hydrogens is 246 g/mol. The standard InChI is InChI=1S/C14H9NO4/c1-18-11-7-6-9(14(16)15-17)12-8-4-2-3-5-10(8)19-13(11)12/h2-7H,1H3/p+1. The third-order valence-electron chi connectivity index (χ3n) is 3.05. The van der Waals surface area contributed by atoms with Gasteiger partial charge in [-0.2, -0.15) is 0 Å². The van der Waals surface area contributed by atoms with Crippen molar-refractivity contribution in [1.29, 1.82) is 0 Å². The van der Waals surface area contributed by atoms with Gasteiger partial charge in [-0.05, 0) is 18.2 Å². The predicted molar refractivity (Wildman–Crippen MR) is 68.9 cm³/mol. The van der Waals surface area contributed by atoms with Crippen LogP contribution in [-0.4, -0.2) is 13.0 Å². The fourth-order valence-corrected chi connectivity index (χ4v) is 2.21. The Hall–Kier alpha value is -2.69. The van der Waals surface area contributed by atoms with Gasteiger partial charge < -0.3 is 9.15 Å². The summed E-state index contributed by atoms with van der Waals surface area (Å²) in [5, 5.41) is 2.75. The van der Waals surface area contributed by atoms with Gasteiger partial charge in [0.25, 0.3) is 0 Å². The summed E-state index contributed by atoms with van der Waals surface area (Å²) in [6.07, 6.45) is 0. The number of nitroso groups, excluding NO2 is 1. The van der Waals surface area contributed by atoms with E-state index in [0.29, 0.717) is 22.3 Å². The first-order valence-corrected chi connectivity index (χ1v) is 5.67. The van der Waals surface area contributed by atoms with Crippen molar-refractivity contribution < 1.29 is 19.1 Å². The summed E-state index contributed by atoms with van der Waals surface area (Å²) in [5.41, 5.74) is 1.38. The van der Waals surface area contributed by atoms with Crippen LogP contribution in [0.2, 0.25) is 0 Å². The Balaban J connectivity index is 2.52. The van der Waals surface area contributed by atoms with Gasteiger partial charge in [-0.25, -0.2) is 4.79 Å². The zero-order valence-electron chi connectivity index (χ0n) is 10.1. The van der Waals surface area contributed by atoms with Gasteiger partial charge in [-0.15, -0.1) is 0 Å². The van der Waals surface area contributed by atoms with Crippen molar-refractivity contribution in [1.82, 2.24) is 0 Å². The van der Waals surface area contributed by atoms with Crippen LogP contribution in [0.25, 0.3) is 21.9 Å². The molecule has 0 bridgehead atoms. The number of nitrogens with one attached hydrogen (secondary N) is 1. The van der Waals surface area contributed by atoms with Gasteiger partial charge >= 0.3 is 5.91 Å². The molecule has 0 unspecified atom stereocenters. The van der Waals surface area contributed by atoms with Crippen molar-refractivity contribution in [3.05, 3.63) is 46.9 Å². The molecule has 3 rings (SSSR count). The highest BCUT2D eigenvalue weighted by atomic mass is 16.5. The van der Waals surface area contributed by atoms with E-state index in [1.165, 1.54) is 12.3 Å². The fraction of sp³-hybridized carbons (Fsp3) is 0.0714. The summed E-state index contributed by atoms with van der Waals surface area (Å²) >= 11 is 0. The van der Waals surface area contributed by atoms with Crippen molar-refractivity contribution in [2.45, 2.75) is 0 Å². The maximum Gasteiger partial charge on any atom is 0.463 e. The smallest absolute Gasteiger partial charge is 0.463 e. The first-order chi connectivity index (χ1) is 9.26. The average Bonchev–Trinajstić information content (AvgIpc) is 2.85. The molecule has 5 nitrogen and oxygen atoms in total. The molecule has 2 aromatic carbocycles. The molecular formula is C14H10NO4+. The second-order valence-electron chi connectivity index (χ2n) is 4.05. The number of amides is 1. The van der Waals surface area contributed by atoms with E-state index in [1.54, 1.807) is 18.2 Å². The molecule has 94 valence electrons.